The van der Waals surface area contributed by atoms with Crippen molar-refractivity contribution in [2.75, 3.05) is 26.2 Å². The van der Waals surface area contributed by atoms with Gasteiger partial charge in [0.1, 0.15) is 5.54 Å². The topological polar surface area (TPSA) is 58.4 Å². The molecular formula is C15H23N3O. The molecule has 0 aromatic heterocycles. The standard InChI is InChI=1S/C15H23N3O/c1-3-15(14(16)19,18-10-8-17-9-11-18)13-6-4-12(2)5-7-13/h4-7,17H,3,8-11H2,1-2H3,(H2,16,19). The van der Waals surface area contributed by atoms with Crippen LogP contribution in [0.25, 0.3) is 0 Å². The van der Waals surface area contributed by atoms with E-state index in [9.17, 15) is 4.79 Å². The normalized spacial score (nSPS) is 19.9. The maximum Gasteiger partial charge on any atom is 0.242 e. The molecular weight excluding hydrogens is 238 g/mol. The van der Waals surface area contributed by atoms with E-state index < -0.39 is 5.54 Å². The molecule has 3 N–H and O–H groups in total. The molecule has 2 rings (SSSR count). The van der Waals surface area contributed by atoms with Gasteiger partial charge in [0.2, 0.25) is 5.91 Å². The Labute approximate surface area is 115 Å². The molecule has 1 heterocycles. The zero-order chi connectivity index (χ0) is 13.9. The van der Waals surface area contributed by atoms with Crippen LogP contribution in [-0.2, 0) is 10.3 Å². The van der Waals surface area contributed by atoms with Gasteiger partial charge < -0.3 is 11.1 Å². The predicted octanol–water partition coefficient (Wildman–Crippen LogP) is 0.991. The van der Waals surface area contributed by atoms with Crippen LogP contribution >= 0.6 is 0 Å². The Morgan fingerprint density at radius 2 is 1.89 bits per heavy atom. The van der Waals surface area contributed by atoms with Crippen LogP contribution in [-0.4, -0.2) is 37.0 Å². The zero-order valence-corrected chi connectivity index (χ0v) is 11.8. The summed E-state index contributed by atoms with van der Waals surface area (Å²) in [6.07, 6.45) is 0.700. The van der Waals surface area contributed by atoms with Crippen LogP contribution in [0.4, 0.5) is 0 Å². The van der Waals surface area contributed by atoms with Gasteiger partial charge in [0.05, 0.1) is 0 Å². The minimum absolute atomic E-state index is 0.249. The summed E-state index contributed by atoms with van der Waals surface area (Å²) in [5, 5.41) is 3.32. The second-order valence-electron chi connectivity index (χ2n) is 5.18. The van der Waals surface area contributed by atoms with E-state index in [-0.39, 0.29) is 5.91 Å². The Balaban J connectivity index is 2.43. The van der Waals surface area contributed by atoms with Crippen molar-refractivity contribution in [3.05, 3.63) is 35.4 Å². The molecule has 0 radical (unpaired) electrons. The number of carbonyl (C=O) groups is 1. The Kier molecular flexibility index (Phi) is 4.22. The fourth-order valence-electron chi connectivity index (χ4n) is 2.96. The van der Waals surface area contributed by atoms with Crippen molar-refractivity contribution in [1.29, 1.82) is 0 Å². The summed E-state index contributed by atoms with van der Waals surface area (Å²) >= 11 is 0. The van der Waals surface area contributed by atoms with Crippen LogP contribution in [0.5, 0.6) is 0 Å². The highest BCUT2D eigenvalue weighted by Crippen LogP contribution is 2.32. The lowest BCUT2D eigenvalue weighted by molar-refractivity contribution is -0.132. The summed E-state index contributed by atoms with van der Waals surface area (Å²) in [6.45, 7) is 7.59. The molecule has 19 heavy (non-hydrogen) atoms. The highest BCUT2D eigenvalue weighted by molar-refractivity contribution is 5.86. The van der Waals surface area contributed by atoms with Crippen molar-refractivity contribution in [3.63, 3.8) is 0 Å². The number of carbonyl (C=O) groups excluding carboxylic acids is 1. The smallest absolute Gasteiger partial charge is 0.242 e. The highest BCUT2D eigenvalue weighted by atomic mass is 16.1. The number of hydrogen-bond donors (Lipinski definition) is 2. The molecule has 1 aliphatic heterocycles. The van der Waals surface area contributed by atoms with Gasteiger partial charge in [0.15, 0.2) is 0 Å². The number of amides is 1. The third-order valence-corrected chi connectivity index (χ3v) is 4.11. The van der Waals surface area contributed by atoms with E-state index in [0.717, 1.165) is 31.7 Å². The molecule has 0 spiro atoms. The van der Waals surface area contributed by atoms with Crippen molar-refractivity contribution >= 4 is 5.91 Å². The number of hydrogen-bond acceptors (Lipinski definition) is 3. The van der Waals surface area contributed by atoms with Crippen molar-refractivity contribution in [2.45, 2.75) is 25.8 Å². The van der Waals surface area contributed by atoms with Gasteiger partial charge in [-0.3, -0.25) is 9.69 Å². The number of piperazine rings is 1. The SMILES string of the molecule is CCC(C(N)=O)(c1ccc(C)cc1)N1CCNCC1. The minimum Gasteiger partial charge on any atom is -0.368 e. The number of nitrogens with zero attached hydrogens (tertiary/aromatic N) is 1. The maximum absolute atomic E-state index is 12.2. The molecule has 1 amide bonds. The Hall–Kier alpha value is -1.39. The molecule has 1 atom stereocenters. The molecule has 1 saturated heterocycles. The average molecular weight is 261 g/mol. The van der Waals surface area contributed by atoms with Crippen molar-refractivity contribution in [1.82, 2.24) is 10.2 Å². The molecule has 1 unspecified atom stereocenters. The van der Waals surface area contributed by atoms with Gasteiger partial charge in [-0.1, -0.05) is 36.8 Å². The summed E-state index contributed by atoms with van der Waals surface area (Å²) in [5.74, 6) is -0.249. The Bertz CT molecular complexity index is 437. The van der Waals surface area contributed by atoms with Crippen LogP contribution in [0.1, 0.15) is 24.5 Å². The van der Waals surface area contributed by atoms with Gasteiger partial charge in [0, 0.05) is 26.2 Å². The van der Waals surface area contributed by atoms with Gasteiger partial charge in [-0.05, 0) is 18.9 Å². The van der Waals surface area contributed by atoms with Crippen LogP contribution in [0.2, 0.25) is 0 Å². The second kappa shape index (κ2) is 5.72. The van der Waals surface area contributed by atoms with E-state index in [4.69, 9.17) is 5.73 Å². The average Bonchev–Trinajstić information content (AvgIpc) is 2.43. The van der Waals surface area contributed by atoms with E-state index in [2.05, 4.69) is 10.2 Å². The molecule has 1 fully saturated rings. The summed E-state index contributed by atoms with van der Waals surface area (Å²) in [6, 6.07) is 8.16. The molecule has 0 bridgehead atoms. The number of nitrogens with one attached hydrogen (secondary N) is 1. The molecule has 1 aromatic carbocycles. The first kappa shape index (κ1) is 14.0. The monoisotopic (exact) mass is 261 g/mol. The first-order chi connectivity index (χ1) is 9.11. The first-order valence-electron chi connectivity index (χ1n) is 6.94. The van der Waals surface area contributed by atoms with Gasteiger partial charge >= 0.3 is 0 Å². The third kappa shape index (κ3) is 2.51. The number of primary amides is 1. The molecule has 104 valence electrons. The summed E-state index contributed by atoms with van der Waals surface area (Å²) in [4.78, 5) is 14.4. The molecule has 0 aliphatic carbocycles. The van der Waals surface area contributed by atoms with Gasteiger partial charge in [-0.15, -0.1) is 0 Å². The molecule has 4 heteroatoms. The molecule has 4 nitrogen and oxygen atoms in total. The number of rotatable bonds is 4. The lowest BCUT2D eigenvalue weighted by Crippen LogP contribution is -2.59. The fourth-order valence-corrected chi connectivity index (χ4v) is 2.96. The fraction of sp³-hybridized carbons (Fsp3) is 0.533. The van der Waals surface area contributed by atoms with Gasteiger partial charge in [0.25, 0.3) is 0 Å². The first-order valence-corrected chi connectivity index (χ1v) is 6.94. The van der Waals surface area contributed by atoms with Crippen molar-refractivity contribution in [2.24, 2.45) is 5.73 Å². The zero-order valence-electron chi connectivity index (χ0n) is 11.8. The van der Waals surface area contributed by atoms with Crippen molar-refractivity contribution in [3.8, 4) is 0 Å². The van der Waals surface area contributed by atoms with E-state index in [1.807, 2.05) is 38.1 Å². The third-order valence-electron chi connectivity index (χ3n) is 4.11. The second-order valence-corrected chi connectivity index (χ2v) is 5.18. The van der Waals surface area contributed by atoms with Crippen LogP contribution in [0.15, 0.2) is 24.3 Å². The Morgan fingerprint density at radius 1 is 1.32 bits per heavy atom. The van der Waals surface area contributed by atoms with Gasteiger partial charge in [-0.2, -0.15) is 0 Å². The maximum atomic E-state index is 12.2. The number of aryl methyl sites for hydroxylation is 1. The van der Waals surface area contributed by atoms with Crippen LogP contribution < -0.4 is 11.1 Å². The van der Waals surface area contributed by atoms with Crippen molar-refractivity contribution < 1.29 is 4.79 Å². The predicted molar refractivity (Wildman–Crippen MR) is 76.8 cm³/mol. The molecule has 1 aromatic rings. The number of benzene rings is 1. The molecule has 1 aliphatic rings. The molecule has 0 saturated carbocycles. The quantitative estimate of drug-likeness (QED) is 0.850. The van der Waals surface area contributed by atoms with Crippen LogP contribution in [0, 0.1) is 6.92 Å². The largest absolute Gasteiger partial charge is 0.368 e. The van der Waals surface area contributed by atoms with Crippen LogP contribution in [0.3, 0.4) is 0 Å². The van der Waals surface area contributed by atoms with E-state index in [0.29, 0.717) is 6.42 Å². The lowest BCUT2D eigenvalue weighted by atomic mass is 9.83. The Morgan fingerprint density at radius 3 is 2.37 bits per heavy atom. The summed E-state index contributed by atoms with van der Waals surface area (Å²) in [7, 11) is 0. The van der Waals surface area contributed by atoms with Gasteiger partial charge in [-0.25, -0.2) is 0 Å². The minimum atomic E-state index is -0.671. The summed E-state index contributed by atoms with van der Waals surface area (Å²) in [5.41, 5.74) is 7.31. The van der Waals surface area contributed by atoms with E-state index in [1.165, 1.54) is 5.56 Å². The van der Waals surface area contributed by atoms with E-state index >= 15 is 0 Å². The lowest BCUT2D eigenvalue weighted by Gasteiger charge is -2.43. The summed E-state index contributed by atoms with van der Waals surface area (Å²) < 4.78 is 0. The highest BCUT2D eigenvalue weighted by Gasteiger charge is 2.42. The van der Waals surface area contributed by atoms with E-state index in [1.54, 1.807) is 0 Å². The number of nitrogens with two attached hydrogens (primary N) is 1.